The van der Waals surface area contributed by atoms with Crippen LogP contribution in [-0.2, 0) is 0 Å². The summed E-state index contributed by atoms with van der Waals surface area (Å²) in [6, 6.07) is 0. The van der Waals surface area contributed by atoms with Crippen molar-refractivity contribution in [2.45, 2.75) is 103 Å². The highest BCUT2D eigenvalue weighted by Gasteiger charge is 2.69. The van der Waals surface area contributed by atoms with Gasteiger partial charge in [-0.25, -0.2) is 0 Å². The van der Waals surface area contributed by atoms with Gasteiger partial charge in [-0.3, -0.25) is 0 Å². The molecule has 9 heteroatoms. The van der Waals surface area contributed by atoms with Gasteiger partial charge in [-0.15, -0.1) is 0 Å². The molecule has 2 fully saturated rings. The highest BCUT2D eigenvalue weighted by atomic mass is 19.4. The molecule has 0 radical (unpaired) electrons. The number of halogens is 6. The summed E-state index contributed by atoms with van der Waals surface area (Å²) in [4.78, 5) is 0. The summed E-state index contributed by atoms with van der Waals surface area (Å²) in [5, 5.41) is 29.3. The van der Waals surface area contributed by atoms with Gasteiger partial charge in [-0.1, -0.05) is 58.9 Å². The van der Waals surface area contributed by atoms with E-state index in [4.69, 9.17) is 0 Å². The Balaban J connectivity index is 2.08. The Hall–Kier alpha value is -1.32. The van der Waals surface area contributed by atoms with Gasteiger partial charge in [0.25, 0.3) is 5.60 Å². The maximum atomic E-state index is 13.0. The second-order valence-electron chi connectivity index (χ2n) is 11.1. The van der Waals surface area contributed by atoms with Gasteiger partial charge in [0.05, 0.1) is 12.2 Å². The molecule has 3 N–H and O–H groups in total. The third-order valence-electron chi connectivity index (χ3n) is 8.98. The molecule has 2 saturated carbocycles. The number of allylic oxidation sites excluding steroid dienone is 3. The fourth-order valence-electron chi connectivity index (χ4n) is 5.77. The molecule has 0 aromatic heterocycles. The summed E-state index contributed by atoms with van der Waals surface area (Å²) in [5.41, 5.74) is -3.95. The number of aliphatic hydroxyl groups excluding tert-OH is 2. The average Bonchev–Trinajstić information content (AvgIpc) is 2.93. The molecule has 0 heterocycles. The molecule has 0 bridgehead atoms. The first kappa shape index (κ1) is 29.9. The predicted molar refractivity (Wildman–Crippen MR) is 122 cm³/mol. The van der Waals surface area contributed by atoms with Crippen molar-refractivity contribution in [2.75, 3.05) is 0 Å². The molecular formula is C26H38F6O3. The Labute approximate surface area is 203 Å². The van der Waals surface area contributed by atoms with Crippen LogP contribution in [0.15, 0.2) is 36.0 Å². The second kappa shape index (κ2) is 10.2. The lowest BCUT2D eigenvalue weighted by atomic mass is 9.59. The molecule has 3 nitrogen and oxygen atoms in total. The molecular weight excluding hydrogens is 474 g/mol. The highest BCUT2D eigenvalue weighted by molar-refractivity contribution is 5.37. The molecule has 0 amide bonds. The van der Waals surface area contributed by atoms with Gasteiger partial charge in [0.2, 0.25) is 0 Å². The smallest absolute Gasteiger partial charge is 0.393 e. The molecule has 2 aliphatic rings. The van der Waals surface area contributed by atoms with Gasteiger partial charge in [0, 0.05) is 6.42 Å². The van der Waals surface area contributed by atoms with Gasteiger partial charge in [0.1, 0.15) is 0 Å². The summed E-state index contributed by atoms with van der Waals surface area (Å²) < 4.78 is 77.9. The zero-order valence-corrected chi connectivity index (χ0v) is 20.8. The van der Waals surface area contributed by atoms with Gasteiger partial charge < -0.3 is 15.3 Å². The molecule has 202 valence electrons. The van der Waals surface area contributed by atoms with Crippen LogP contribution in [0.25, 0.3) is 0 Å². The van der Waals surface area contributed by atoms with Gasteiger partial charge in [-0.2, -0.15) is 26.3 Å². The Morgan fingerprint density at radius 1 is 1.09 bits per heavy atom. The van der Waals surface area contributed by atoms with E-state index in [2.05, 4.69) is 20.4 Å². The van der Waals surface area contributed by atoms with Crippen LogP contribution in [0.4, 0.5) is 26.3 Å². The Morgan fingerprint density at radius 2 is 1.66 bits per heavy atom. The average molecular weight is 513 g/mol. The molecule has 0 saturated heterocycles. The molecule has 2 rings (SSSR count). The van der Waals surface area contributed by atoms with Crippen molar-refractivity contribution in [3.8, 4) is 0 Å². The standard InChI is InChI=1S/C26H38F6O3/c1-16(8-7-12-24(35,25(27,28)29)26(30,31)32)23(5)13-11-19(22(23,3)4)10-6-9-18-14-20(33)15-21(34)17(18)2/h6,9-10,16,19-21,33-35H,2,7-8,11-15H2,1,3-5H3/t16-,19-,20-,21+,23-/m1/s1. The predicted octanol–water partition coefficient (Wildman–Crippen LogP) is 6.65. The molecule has 0 unspecified atom stereocenters. The fraction of sp³-hybridized carbons (Fsp3) is 0.769. The van der Waals surface area contributed by atoms with E-state index in [0.717, 1.165) is 18.4 Å². The topological polar surface area (TPSA) is 60.7 Å². The third kappa shape index (κ3) is 5.82. The maximum Gasteiger partial charge on any atom is 0.426 e. The van der Waals surface area contributed by atoms with E-state index in [1.54, 1.807) is 0 Å². The lowest BCUT2D eigenvalue weighted by Crippen LogP contribution is -2.56. The van der Waals surface area contributed by atoms with E-state index in [-0.39, 0.29) is 35.5 Å². The van der Waals surface area contributed by atoms with Crippen molar-refractivity contribution in [1.29, 1.82) is 0 Å². The zero-order valence-electron chi connectivity index (χ0n) is 20.8. The quantitative estimate of drug-likeness (QED) is 0.335. The summed E-state index contributed by atoms with van der Waals surface area (Å²) >= 11 is 0. The molecule has 2 aliphatic carbocycles. The van der Waals surface area contributed by atoms with E-state index in [1.165, 1.54) is 0 Å². The number of rotatable bonds is 7. The van der Waals surface area contributed by atoms with Crippen LogP contribution in [0.5, 0.6) is 0 Å². The second-order valence-corrected chi connectivity index (χ2v) is 11.1. The summed E-state index contributed by atoms with van der Waals surface area (Å²) in [5.74, 6) is -0.0378. The lowest BCUT2D eigenvalue weighted by Gasteiger charge is -2.46. The summed E-state index contributed by atoms with van der Waals surface area (Å²) in [6.45, 7) is 11.9. The largest absolute Gasteiger partial charge is 0.426 e. The molecule has 0 spiro atoms. The lowest BCUT2D eigenvalue weighted by molar-refractivity contribution is -0.370. The van der Waals surface area contributed by atoms with Crippen LogP contribution in [0.1, 0.15) is 72.6 Å². The maximum absolute atomic E-state index is 13.0. The van der Waals surface area contributed by atoms with Crippen molar-refractivity contribution in [3.05, 3.63) is 36.0 Å². The Kier molecular flexibility index (Phi) is 8.72. The number of aliphatic hydroxyl groups is 3. The summed E-state index contributed by atoms with van der Waals surface area (Å²) in [6.07, 6.45) is -6.68. The molecule has 35 heavy (non-hydrogen) atoms. The van der Waals surface area contributed by atoms with E-state index in [0.29, 0.717) is 12.0 Å². The normalized spacial score (nSPS) is 32.5. The molecule has 0 aromatic carbocycles. The van der Waals surface area contributed by atoms with Crippen molar-refractivity contribution < 1.29 is 41.7 Å². The van der Waals surface area contributed by atoms with Crippen molar-refractivity contribution in [2.24, 2.45) is 22.7 Å². The molecule has 0 aliphatic heterocycles. The monoisotopic (exact) mass is 512 g/mol. The SMILES string of the molecule is C=C1C(=CC=C[C@@H]2CC[C@](C)([C@H](C)CCCC(O)(C(F)(F)F)C(F)(F)F)C2(C)C)C[C@@H](O)C[C@@H]1O. The van der Waals surface area contributed by atoms with Crippen LogP contribution in [0.2, 0.25) is 0 Å². The molecule has 0 aromatic rings. The Morgan fingerprint density at radius 3 is 2.20 bits per heavy atom. The van der Waals surface area contributed by atoms with Crippen LogP contribution in [-0.4, -0.2) is 45.5 Å². The van der Waals surface area contributed by atoms with Crippen molar-refractivity contribution >= 4 is 0 Å². The van der Waals surface area contributed by atoms with Gasteiger partial charge >= 0.3 is 12.4 Å². The van der Waals surface area contributed by atoms with E-state index < -0.39 is 43.0 Å². The number of hydrogen-bond donors (Lipinski definition) is 3. The minimum atomic E-state index is -5.79. The van der Waals surface area contributed by atoms with E-state index >= 15 is 0 Å². The number of alkyl halides is 6. The van der Waals surface area contributed by atoms with Crippen molar-refractivity contribution in [1.82, 2.24) is 0 Å². The van der Waals surface area contributed by atoms with Crippen molar-refractivity contribution in [3.63, 3.8) is 0 Å². The minimum Gasteiger partial charge on any atom is -0.393 e. The first-order chi connectivity index (χ1) is 15.8. The van der Waals surface area contributed by atoms with Gasteiger partial charge in [0.15, 0.2) is 0 Å². The van der Waals surface area contributed by atoms with Crippen LogP contribution in [0.3, 0.4) is 0 Å². The molecule has 5 atom stereocenters. The fourth-order valence-corrected chi connectivity index (χ4v) is 5.77. The highest BCUT2D eigenvalue weighted by Crippen LogP contribution is 2.61. The Bertz CT molecular complexity index is 812. The van der Waals surface area contributed by atoms with Crippen LogP contribution >= 0.6 is 0 Å². The van der Waals surface area contributed by atoms with E-state index in [1.807, 2.05) is 32.1 Å². The van der Waals surface area contributed by atoms with Crippen LogP contribution in [0, 0.1) is 22.7 Å². The summed E-state index contributed by atoms with van der Waals surface area (Å²) in [7, 11) is 0. The number of hydrogen-bond acceptors (Lipinski definition) is 3. The van der Waals surface area contributed by atoms with Crippen LogP contribution < -0.4 is 0 Å². The van der Waals surface area contributed by atoms with E-state index in [9.17, 15) is 41.7 Å². The minimum absolute atomic E-state index is 0.126. The zero-order chi connectivity index (χ0) is 27.0. The van der Waals surface area contributed by atoms with Gasteiger partial charge in [-0.05, 0) is 65.9 Å². The third-order valence-corrected chi connectivity index (χ3v) is 8.98. The first-order valence-electron chi connectivity index (χ1n) is 12.1. The first-order valence-corrected chi connectivity index (χ1v) is 12.1.